The van der Waals surface area contributed by atoms with Gasteiger partial charge in [0.05, 0.1) is 17.1 Å². The molecule has 0 N–H and O–H groups in total. The van der Waals surface area contributed by atoms with Crippen molar-refractivity contribution in [1.29, 1.82) is 0 Å². The molecule has 3 rings (SSSR count). The molecule has 0 bridgehead atoms. The van der Waals surface area contributed by atoms with Crippen LogP contribution >= 0.6 is 11.3 Å². The van der Waals surface area contributed by atoms with Crippen LogP contribution in [0.2, 0.25) is 0 Å². The predicted octanol–water partition coefficient (Wildman–Crippen LogP) is 2.52. The molecule has 0 aromatic carbocycles. The molecule has 1 aliphatic rings. The average Bonchev–Trinajstić information content (AvgIpc) is 3.16. The third-order valence-corrected chi connectivity index (χ3v) is 5.80. The summed E-state index contributed by atoms with van der Waals surface area (Å²) in [5, 5.41) is 11.3. The Morgan fingerprint density at radius 3 is 2.58 bits per heavy atom. The minimum absolute atomic E-state index is 0.0421. The number of carbonyl (C=O) groups excluding carboxylic acids is 1. The Labute approximate surface area is 146 Å². The number of amides is 1. The van der Waals surface area contributed by atoms with Gasteiger partial charge in [0, 0.05) is 36.9 Å². The summed E-state index contributed by atoms with van der Waals surface area (Å²) in [6, 6.07) is 0. The lowest BCUT2D eigenvalue weighted by atomic mass is 9.95. The molecule has 0 atom stereocenters. The molecule has 1 saturated heterocycles. The topological polar surface area (TPSA) is 63.9 Å². The highest BCUT2D eigenvalue weighted by Gasteiger charge is 2.27. The van der Waals surface area contributed by atoms with Crippen molar-refractivity contribution in [2.45, 2.75) is 51.4 Å². The fourth-order valence-corrected chi connectivity index (χ4v) is 3.96. The normalized spacial score (nSPS) is 16.6. The van der Waals surface area contributed by atoms with Crippen molar-refractivity contribution in [3.8, 4) is 0 Å². The van der Waals surface area contributed by atoms with Gasteiger partial charge in [0.2, 0.25) is 5.91 Å². The molecule has 130 valence electrons. The largest absolute Gasteiger partial charge is 0.342 e. The summed E-state index contributed by atoms with van der Waals surface area (Å²) in [7, 11) is 1.97. The molecule has 0 spiro atoms. The van der Waals surface area contributed by atoms with E-state index in [0.29, 0.717) is 12.3 Å². The van der Waals surface area contributed by atoms with Crippen LogP contribution in [0.1, 0.15) is 56.1 Å². The SMILES string of the molecule is Cn1cnnc1C1CCN(C(=O)Cc2csc(C(C)(C)C)n2)CC1. The summed E-state index contributed by atoms with van der Waals surface area (Å²) in [6.45, 7) is 8.01. The summed E-state index contributed by atoms with van der Waals surface area (Å²) in [5.74, 6) is 1.60. The zero-order valence-corrected chi connectivity index (χ0v) is 15.6. The molecule has 7 heteroatoms. The Bertz CT molecular complexity index is 707. The molecule has 2 aromatic heterocycles. The Kier molecular flexibility index (Phi) is 4.71. The molecular formula is C17H25N5OS. The van der Waals surface area contributed by atoms with E-state index in [0.717, 1.165) is 42.5 Å². The zero-order valence-electron chi connectivity index (χ0n) is 14.8. The lowest BCUT2D eigenvalue weighted by molar-refractivity contribution is -0.131. The van der Waals surface area contributed by atoms with Gasteiger partial charge < -0.3 is 9.47 Å². The number of nitrogens with zero attached hydrogens (tertiary/aromatic N) is 5. The predicted molar refractivity (Wildman–Crippen MR) is 94.1 cm³/mol. The van der Waals surface area contributed by atoms with Gasteiger partial charge in [-0.1, -0.05) is 20.8 Å². The number of thiazole rings is 1. The number of piperidine rings is 1. The van der Waals surface area contributed by atoms with Gasteiger partial charge in [-0.15, -0.1) is 21.5 Å². The lowest BCUT2D eigenvalue weighted by Crippen LogP contribution is -2.39. The van der Waals surface area contributed by atoms with Gasteiger partial charge >= 0.3 is 0 Å². The van der Waals surface area contributed by atoms with E-state index in [1.165, 1.54) is 0 Å². The highest BCUT2D eigenvalue weighted by molar-refractivity contribution is 7.09. The van der Waals surface area contributed by atoms with Crippen LogP contribution < -0.4 is 0 Å². The quantitative estimate of drug-likeness (QED) is 0.856. The van der Waals surface area contributed by atoms with Crippen molar-refractivity contribution in [2.24, 2.45) is 7.05 Å². The van der Waals surface area contributed by atoms with Crippen LogP contribution in [0.5, 0.6) is 0 Å². The van der Waals surface area contributed by atoms with Crippen LogP contribution in [-0.4, -0.2) is 43.6 Å². The maximum Gasteiger partial charge on any atom is 0.228 e. The molecule has 24 heavy (non-hydrogen) atoms. The minimum atomic E-state index is 0.0421. The van der Waals surface area contributed by atoms with Crippen LogP contribution in [0.25, 0.3) is 0 Å². The van der Waals surface area contributed by atoms with E-state index < -0.39 is 0 Å². The van der Waals surface area contributed by atoms with Crippen molar-refractivity contribution in [1.82, 2.24) is 24.6 Å². The summed E-state index contributed by atoms with van der Waals surface area (Å²) in [6.07, 6.45) is 4.04. The van der Waals surface area contributed by atoms with Gasteiger partial charge in [-0.05, 0) is 12.8 Å². The Morgan fingerprint density at radius 1 is 1.33 bits per heavy atom. The Balaban J connectivity index is 1.56. The maximum atomic E-state index is 12.5. The number of aromatic nitrogens is 4. The summed E-state index contributed by atoms with van der Waals surface area (Å²) in [4.78, 5) is 19.1. The molecular weight excluding hydrogens is 322 g/mol. The first-order valence-corrected chi connectivity index (χ1v) is 9.29. The standard InChI is InChI=1S/C17H25N5OS/c1-17(2,3)16-19-13(10-24-16)9-14(23)22-7-5-12(6-8-22)15-20-18-11-21(15)4/h10-12H,5-9H2,1-4H3. The molecule has 1 fully saturated rings. The molecule has 1 amide bonds. The van der Waals surface area contributed by atoms with E-state index >= 15 is 0 Å². The van der Waals surface area contributed by atoms with E-state index in [1.54, 1.807) is 17.7 Å². The number of hydrogen-bond donors (Lipinski definition) is 0. The number of rotatable bonds is 3. The van der Waals surface area contributed by atoms with E-state index in [2.05, 4.69) is 36.0 Å². The van der Waals surface area contributed by atoms with E-state index in [9.17, 15) is 4.79 Å². The van der Waals surface area contributed by atoms with Crippen LogP contribution in [-0.2, 0) is 23.7 Å². The van der Waals surface area contributed by atoms with Crippen molar-refractivity contribution in [2.75, 3.05) is 13.1 Å². The average molecular weight is 347 g/mol. The second kappa shape index (κ2) is 6.63. The number of likely N-dealkylation sites (tertiary alicyclic amines) is 1. The molecule has 0 saturated carbocycles. The van der Waals surface area contributed by atoms with Crippen LogP contribution in [0.4, 0.5) is 0 Å². The fourth-order valence-electron chi connectivity index (χ4n) is 3.05. The molecule has 1 aliphatic heterocycles. The number of hydrogen-bond acceptors (Lipinski definition) is 5. The van der Waals surface area contributed by atoms with Gasteiger partial charge in [0.25, 0.3) is 0 Å². The number of aryl methyl sites for hydroxylation is 1. The zero-order chi connectivity index (χ0) is 17.3. The van der Waals surface area contributed by atoms with Gasteiger partial charge in [0.1, 0.15) is 12.2 Å². The van der Waals surface area contributed by atoms with E-state index in [1.807, 2.05) is 21.9 Å². The first-order chi connectivity index (χ1) is 11.3. The molecule has 0 radical (unpaired) electrons. The Morgan fingerprint density at radius 2 is 2.04 bits per heavy atom. The van der Waals surface area contributed by atoms with Crippen LogP contribution in [0, 0.1) is 0 Å². The van der Waals surface area contributed by atoms with Crippen LogP contribution in [0.3, 0.4) is 0 Å². The smallest absolute Gasteiger partial charge is 0.228 e. The second-order valence-corrected chi connectivity index (χ2v) is 8.38. The molecule has 0 unspecified atom stereocenters. The van der Waals surface area contributed by atoms with Gasteiger partial charge in [0.15, 0.2) is 0 Å². The van der Waals surface area contributed by atoms with Crippen molar-refractivity contribution in [3.63, 3.8) is 0 Å². The lowest BCUT2D eigenvalue weighted by Gasteiger charge is -2.31. The third kappa shape index (κ3) is 3.66. The Hall–Kier alpha value is -1.76. The van der Waals surface area contributed by atoms with E-state index in [-0.39, 0.29) is 11.3 Å². The maximum absolute atomic E-state index is 12.5. The monoisotopic (exact) mass is 347 g/mol. The number of carbonyl (C=O) groups is 1. The van der Waals surface area contributed by atoms with Crippen molar-refractivity contribution in [3.05, 3.63) is 28.2 Å². The first-order valence-electron chi connectivity index (χ1n) is 8.41. The molecule has 3 heterocycles. The fraction of sp³-hybridized carbons (Fsp3) is 0.647. The van der Waals surface area contributed by atoms with Gasteiger partial charge in [-0.3, -0.25) is 4.79 Å². The molecule has 2 aromatic rings. The van der Waals surface area contributed by atoms with Gasteiger partial charge in [-0.2, -0.15) is 0 Å². The van der Waals surface area contributed by atoms with Crippen LogP contribution in [0.15, 0.2) is 11.7 Å². The highest BCUT2D eigenvalue weighted by Crippen LogP contribution is 2.28. The second-order valence-electron chi connectivity index (χ2n) is 7.53. The minimum Gasteiger partial charge on any atom is -0.342 e. The highest BCUT2D eigenvalue weighted by atomic mass is 32.1. The first kappa shape index (κ1) is 17.1. The van der Waals surface area contributed by atoms with E-state index in [4.69, 9.17) is 0 Å². The van der Waals surface area contributed by atoms with Crippen molar-refractivity contribution < 1.29 is 4.79 Å². The summed E-state index contributed by atoms with van der Waals surface area (Å²) >= 11 is 1.65. The van der Waals surface area contributed by atoms with Crippen molar-refractivity contribution >= 4 is 17.2 Å². The summed E-state index contributed by atoms with van der Waals surface area (Å²) in [5.41, 5.74) is 0.936. The third-order valence-electron chi connectivity index (χ3n) is 4.48. The summed E-state index contributed by atoms with van der Waals surface area (Å²) < 4.78 is 1.98. The molecule has 6 nitrogen and oxygen atoms in total. The molecule has 0 aliphatic carbocycles. The van der Waals surface area contributed by atoms with Gasteiger partial charge in [-0.25, -0.2) is 4.98 Å².